The summed E-state index contributed by atoms with van der Waals surface area (Å²) in [6.07, 6.45) is 1.53. The van der Waals surface area contributed by atoms with Gasteiger partial charge in [-0.05, 0) is 25.3 Å². The van der Waals surface area contributed by atoms with Gasteiger partial charge in [0.15, 0.2) is 5.58 Å². The first-order chi connectivity index (χ1) is 12.9. The number of nitro benzene ring substituents is 1. The van der Waals surface area contributed by atoms with E-state index >= 15 is 0 Å². The molecule has 1 aromatic heterocycles. The lowest BCUT2D eigenvalue weighted by atomic mass is 9.97. The summed E-state index contributed by atoms with van der Waals surface area (Å²) in [6.45, 7) is 1.10. The number of benzene rings is 1. The van der Waals surface area contributed by atoms with Crippen LogP contribution in [0.1, 0.15) is 25.7 Å². The molecule has 144 valence electrons. The maximum atomic E-state index is 12.3. The number of nitrogens with zero attached hydrogens (tertiary/aromatic N) is 3. The van der Waals surface area contributed by atoms with E-state index in [-0.39, 0.29) is 30.1 Å². The lowest BCUT2D eigenvalue weighted by Crippen LogP contribution is -2.40. The zero-order valence-corrected chi connectivity index (χ0v) is 14.5. The topological polar surface area (TPSA) is 136 Å². The zero-order chi connectivity index (χ0) is 19.6. The van der Waals surface area contributed by atoms with E-state index < -0.39 is 22.6 Å². The molecule has 2 aromatic rings. The number of hydrogen-bond acceptors (Lipinski definition) is 6. The highest BCUT2D eigenvalue weighted by atomic mass is 16.6. The summed E-state index contributed by atoms with van der Waals surface area (Å²) in [7, 11) is 0. The van der Waals surface area contributed by atoms with Gasteiger partial charge in [-0.15, -0.1) is 0 Å². The predicted octanol–water partition coefficient (Wildman–Crippen LogP) is 1.61. The Morgan fingerprint density at radius 1 is 1.30 bits per heavy atom. The van der Waals surface area contributed by atoms with Gasteiger partial charge in [0.2, 0.25) is 5.91 Å². The molecule has 1 amide bonds. The van der Waals surface area contributed by atoms with E-state index in [0.717, 1.165) is 0 Å². The molecule has 10 heteroatoms. The van der Waals surface area contributed by atoms with Gasteiger partial charge in [0, 0.05) is 32.1 Å². The Hall–Kier alpha value is -3.17. The summed E-state index contributed by atoms with van der Waals surface area (Å²) < 4.78 is 6.40. The van der Waals surface area contributed by atoms with Gasteiger partial charge in [-0.1, -0.05) is 0 Å². The quantitative estimate of drug-likeness (QED) is 0.596. The fourth-order valence-electron chi connectivity index (χ4n) is 3.30. The molecule has 3 rings (SSSR count). The van der Waals surface area contributed by atoms with Gasteiger partial charge in [0.25, 0.3) is 5.69 Å². The first-order valence-electron chi connectivity index (χ1n) is 8.65. The molecule has 0 unspecified atom stereocenters. The minimum absolute atomic E-state index is 0.0738. The molecular weight excluding hydrogens is 358 g/mol. The van der Waals surface area contributed by atoms with Crippen molar-refractivity contribution in [2.24, 2.45) is 5.92 Å². The summed E-state index contributed by atoms with van der Waals surface area (Å²) in [4.78, 5) is 47.1. The number of hydrogen-bond donors (Lipinski definition) is 1. The van der Waals surface area contributed by atoms with Crippen LogP contribution in [0.2, 0.25) is 0 Å². The number of nitro groups is 1. The van der Waals surface area contributed by atoms with Crippen molar-refractivity contribution >= 4 is 28.7 Å². The Balaban J connectivity index is 1.58. The van der Waals surface area contributed by atoms with E-state index in [9.17, 15) is 24.5 Å². The van der Waals surface area contributed by atoms with E-state index in [1.807, 2.05) is 0 Å². The van der Waals surface area contributed by atoms with Crippen LogP contribution in [0.4, 0.5) is 5.69 Å². The SMILES string of the molecule is O=C(O)C1CCN(C(=O)CCCn2c(=O)oc3cc([N+](=O)[O-])ccc32)CC1. The van der Waals surface area contributed by atoms with Crippen LogP contribution < -0.4 is 5.76 Å². The molecule has 0 atom stereocenters. The van der Waals surface area contributed by atoms with Crippen LogP contribution in [0, 0.1) is 16.0 Å². The second-order valence-corrected chi connectivity index (χ2v) is 6.53. The maximum absolute atomic E-state index is 12.3. The highest BCUT2D eigenvalue weighted by molar-refractivity contribution is 5.77. The smallest absolute Gasteiger partial charge is 0.419 e. The Labute approximate surface area is 153 Å². The van der Waals surface area contributed by atoms with Crippen LogP contribution in [-0.2, 0) is 16.1 Å². The van der Waals surface area contributed by atoms with Crippen molar-refractivity contribution in [2.45, 2.75) is 32.2 Å². The molecule has 10 nitrogen and oxygen atoms in total. The number of piperidine rings is 1. The Morgan fingerprint density at radius 2 is 2.00 bits per heavy atom. The standard InChI is InChI=1S/C17H19N3O7/c21-15(18-8-5-11(6-9-18)16(22)23)2-1-7-19-13-4-3-12(20(25)26)10-14(13)27-17(19)24/h3-4,10-11H,1-2,5-9H2,(H,22,23). The zero-order valence-electron chi connectivity index (χ0n) is 14.5. The number of amides is 1. The van der Waals surface area contributed by atoms with Gasteiger partial charge in [0.05, 0.1) is 22.4 Å². The van der Waals surface area contributed by atoms with Gasteiger partial charge in [0.1, 0.15) is 0 Å². The summed E-state index contributed by atoms with van der Waals surface area (Å²) >= 11 is 0. The molecule has 27 heavy (non-hydrogen) atoms. The van der Waals surface area contributed by atoms with Crippen LogP contribution >= 0.6 is 0 Å². The van der Waals surface area contributed by atoms with Crippen LogP contribution in [0.5, 0.6) is 0 Å². The van der Waals surface area contributed by atoms with Gasteiger partial charge in [-0.25, -0.2) is 4.79 Å². The second-order valence-electron chi connectivity index (χ2n) is 6.53. The molecule has 1 aromatic carbocycles. The first kappa shape index (κ1) is 18.6. The lowest BCUT2D eigenvalue weighted by Gasteiger charge is -2.30. The number of carbonyl (C=O) groups is 2. The molecular formula is C17H19N3O7. The number of likely N-dealkylation sites (tertiary alicyclic amines) is 1. The molecule has 1 N–H and O–H groups in total. The van der Waals surface area contributed by atoms with Crippen molar-refractivity contribution in [3.8, 4) is 0 Å². The van der Waals surface area contributed by atoms with Crippen molar-refractivity contribution < 1.29 is 24.0 Å². The number of oxazole rings is 1. The van der Waals surface area contributed by atoms with Crippen molar-refractivity contribution in [1.29, 1.82) is 0 Å². The molecule has 1 aliphatic heterocycles. The van der Waals surface area contributed by atoms with E-state index in [2.05, 4.69) is 0 Å². The molecule has 0 saturated carbocycles. The summed E-state index contributed by atoms with van der Waals surface area (Å²) in [5.74, 6) is -1.92. The molecule has 1 aliphatic rings. The molecule has 1 fully saturated rings. The predicted molar refractivity (Wildman–Crippen MR) is 93.3 cm³/mol. The number of carboxylic acid groups (broad SMARTS) is 1. The number of fused-ring (bicyclic) bond motifs is 1. The van der Waals surface area contributed by atoms with Gasteiger partial charge in [-0.3, -0.25) is 24.3 Å². The number of non-ortho nitro benzene ring substituents is 1. The molecule has 0 radical (unpaired) electrons. The Kier molecular flexibility index (Phi) is 5.24. The third-order valence-corrected chi connectivity index (χ3v) is 4.83. The van der Waals surface area contributed by atoms with Gasteiger partial charge in [-0.2, -0.15) is 0 Å². The number of carbonyl (C=O) groups excluding carboxylic acids is 1. The maximum Gasteiger partial charge on any atom is 0.419 e. The summed E-state index contributed by atoms with van der Waals surface area (Å²) in [6, 6.07) is 3.95. The minimum Gasteiger partial charge on any atom is -0.481 e. The van der Waals surface area contributed by atoms with E-state index in [1.54, 1.807) is 4.90 Å². The van der Waals surface area contributed by atoms with E-state index in [4.69, 9.17) is 9.52 Å². The van der Waals surface area contributed by atoms with Crippen molar-refractivity contribution in [1.82, 2.24) is 9.47 Å². The summed E-state index contributed by atoms with van der Waals surface area (Å²) in [5.41, 5.74) is 0.417. The van der Waals surface area contributed by atoms with Crippen LogP contribution in [0.25, 0.3) is 11.1 Å². The molecule has 2 heterocycles. The van der Waals surface area contributed by atoms with Crippen molar-refractivity contribution in [3.05, 3.63) is 38.9 Å². The van der Waals surface area contributed by atoms with Crippen LogP contribution in [-0.4, -0.2) is 44.5 Å². The molecule has 0 bridgehead atoms. The van der Waals surface area contributed by atoms with Crippen LogP contribution in [0.15, 0.2) is 27.4 Å². The van der Waals surface area contributed by atoms with Gasteiger partial charge >= 0.3 is 11.7 Å². The van der Waals surface area contributed by atoms with Gasteiger partial charge < -0.3 is 14.4 Å². The molecule has 1 saturated heterocycles. The molecule has 0 spiro atoms. The summed E-state index contributed by atoms with van der Waals surface area (Å²) in [5, 5.41) is 19.8. The second kappa shape index (κ2) is 7.60. The average Bonchev–Trinajstić information content (AvgIpc) is 2.96. The number of aryl methyl sites for hydroxylation is 1. The van der Waals surface area contributed by atoms with Crippen molar-refractivity contribution in [3.63, 3.8) is 0 Å². The highest BCUT2D eigenvalue weighted by Gasteiger charge is 2.26. The largest absolute Gasteiger partial charge is 0.481 e. The number of aliphatic carboxylic acids is 1. The van der Waals surface area contributed by atoms with Crippen molar-refractivity contribution in [2.75, 3.05) is 13.1 Å². The molecule has 0 aliphatic carbocycles. The number of aromatic nitrogens is 1. The number of carboxylic acids is 1. The van der Waals surface area contributed by atoms with E-state index in [1.165, 1.54) is 22.8 Å². The first-order valence-corrected chi connectivity index (χ1v) is 8.65. The monoisotopic (exact) mass is 377 g/mol. The average molecular weight is 377 g/mol. The lowest BCUT2D eigenvalue weighted by molar-refractivity contribution is -0.384. The fraction of sp³-hybridized carbons (Fsp3) is 0.471. The third-order valence-electron chi connectivity index (χ3n) is 4.83. The Bertz CT molecular complexity index is 938. The highest BCUT2D eigenvalue weighted by Crippen LogP contribution is 2.21. The third kappa shape index (κ3) is 3.99. The van der Waals surface area contributed by atoms with Crippen LogP contribution in [0.3, 0.4) is 0 Å². The Morgan fingerprint density at radius 3 is 2.63 bits per heavy atom. The van der Waals surface area contributed by atoms with E-state index in [0.29, 0.717) is 37.9 Å². The minimum atomic E-state index is -0.825. The normalized spacial score (nSPS) is 15.2. The fourth-order valence-corrected chi connectivity index (χ4v) is 3.30. The number of rotatable bonds is 6.